The molecule has 0 aliphatic heterocycles. The molecule has 6 nitrogen and oxygen atoms in total. The number of anilines is 1. The van der Waals surface area contributed by atoms with Crippen molar-refractivity contribution in [3.8, 4) is 0 Å². The minimum Gasteiger partial charge on any atom is -0.469 e. The van der Waals surface area contributed by atoms with Crippen LogP contribution >= 0.6 is 0 Å². The van der Waals surface area contributed by atoms with Crippen LogP contribution in [0.5, 0.6) is 0 Å². The molecule has 1 aromatic heterocycles. The maximum absolute atomic E-state index is 12.6. The number of carbonyl (C=O) groups is 2. The molecule has 0 radical (unpaired) electrons. The van der Waals surface area contributed by atoms with Gasteiger partial charge in [-0.1, -0.05) is 13.8 Å². The molecule has 3 amide bonds. The number of hydrogen-bond donors (Lipinski definition) is 2. The molecule has 3 rings (SSSR count). The van der Waals surface area contributed by atoms with Crippen molar-refractivity contribution in [2.75, 3.05) is 18.4 Å². The lowest BCUT2D eigenvalue weighted by molar-refractivity contribution is 0.0755. The van der Waals surface area contributed by atoms with Crippen LogP contribution in [0.3, 0.4) is 0 Å². The van der Waals surface area contributed by atoms with Crippen molar-refractivity contribution >= 4 is 17.6 Å². The van der Waals surface area contributed by atoms with Gasteiger partial charge >= 0.3 is 6.03 Å². The maximum Gasteiger partial charge on any atom is 0.319 e. The van der Waals surface area contributed by atoms with E-state index in [4.69, 9.17) is 4.42 Å². The zero-order valence-electron chi connectivity index (χ0n) is 16.7. The molecule has 6 heteroatoms. The van der Waals surface area contributed by atoms with Gasteiger partial charge in [0.05, 0.1) is 12.3 Å². The normalized spacial score (nSPS) is 15.6. The van der Waals surface area contributed by atoms with Gasteiger partial charge in [-0.15, -0.1) is 0 Å². The summed E-state index contributed by atoms with van der Waals surface area (Å²) in [6.45, 7) is 5.65. The van der Waals surface area contributed by atoms with Gasteiger partial charge in [-0.05, 0) is 56.0 Å². The molecule has 1 aliphatic carbocycles. The Morgan fingerprint density at radius 2 is 1.82 bits per heavy atom. The van der Waals surface area contributed by atoms with Crippen molar-refractivity contribution in [3.63, 3.8) is 0 Å². The van der Waals surface area contributed by atoms with E-state index in [1.54, 1.807) is 30.5 Å². The molecule has 150 valence electrons. The van der Waals surface area contributed by atoms with E-state index in [1.165, 1.54) is 0 Å². The maximum atomic E-state index is 12.6. The van der Waals surface area contributed by atoms with E-state index in [-0.39, 0.29) is 18.0 Å². The van der Waals surface area contributed by atoms with Crippen molar-refractivity contribution in [1.29, 1.82) is 0 Å². The standard InChI is InChI=1S/C22H29N3O3/c1-3-13-25(14-4-2)21(26)16-8-10-17(11-9-16)23-22(27)24-19-6-5-7-20-18(19)12-15-28-20/h8-12,15,19H,3-7,13-14H2,1-2H3,(H2,23,24,27). The third-order valence-electron chi connectivity index (χ3n) is 5.02. The Morgan fingerprint density at radius 1 is 1.11 bits per heavy atom. The lowest BCUT2D eigenvalue weighted by atomic mass is 9.93. The summed E-state index contributed by atoms with van der Waals surface area (Å²) in [5, 5.41) is 5.87. The lowest BCUT2D eigenvalue weighted by Crippen LogP contribution is -2.34. The van der Waals surface area contributed by atoms with E-state index < -0.39 is 0 Å². The Morgan fingerprint density at radius 3 is 2.50 bits per heavy atom. The summed E-state index contributed by atoms with van der Waals surface area (Å²) < 4.78 is 5.47. The van der Waals surface area contributed by atoms with Crippen molar-refractivity contribution in [3.05, 3.63) is 53.5 Å². The van der Waals surface area contributed by atoms with Gasteiger partial charge in [0.1, 0.15) is 5.76 Å². The second kappa shape index (κ2) is 9.44. The summed E-state index contributed by atoms with van der Waals surface area (Å²) in [7, 11) is 0. The monoisotopic (exact) mass is 383 g/mol. The second-order valence-electron chi connectivity index (χ2n) is 7.21. The fourth-order valence-electron chi connectivity index (χ4n) is 3.70. The van der Waals surface area contributed by atoms with E-state index >= 15 is 0 Å². The molecule has 1 aromatic carbocycles. The van der Waals surface area contributed by atoms with E-state index in [1.807, 2.05) is 11.0 Å². The van der Waals surface area contributed by atoms with Crippen LogP contribution in [0.15, 0.2) is 41.0 Å². The Balaban J connectivity index is 1.58. The van der Waals surface area contributed by atoms with Gasteiger partial charge in [-0.25, -0.2) is 4.79 Å². The highest BCUT2D eigenvalue weighted by Gasteiger charge is 2.24. The number of amides is 3. The molecule has 28 heavy (non-hydrogen) atoms. The Hall–Kier alpha value is -2.76. The first-order chi connectivity index (χ1) is 13.6. The number of nitrogens with zero attached hydrogens (tertiary/aromatic N) is 1. The summed E-state index contributed by atoms with van der Waals surface area (Å²) in [5.41, 5.74) is 2.37. The van der Waals surface area contributed by atoms with E-state index in [0.717, 1.165) is 56.5 Å². The van der Waals surface area contributed by atoms with Crippen molar-refractivity contribution in [2.24, 2.45) is 0 Å². The van der Waals surface area contributed by atoms with Crippen molar-refractivity contribution in [2.45, 2.75) is 52.0 Å². The number of aryl methyl sites for hydroxylation is 1. The summed E-state index contributed by atoms with van der Waals surface area (Å²) in [6, 6.07) is 8.73. The molecular weight excluding hydrogens is 354 g/mol. The van der Waals surface area contributed by atoms with Crippen LogP contribution < -0.4 is 10.6 Å². The largest absolute Gasteiger partial charge is 0.469 e. The molecule has 0 saturated carbocycles. The molecule has 0 saturated heterocycles. The Labute approximate surface area is 166 Å². The van der Waals surface area contributed by atoms with Gasteiger partial charge in [0.25, 0.3) is 5.91 Å². The van der Waals surface area contributed by atoms with Crippen LogP contribution in [0.4, 0.5) is 10.5 Å². The van der Waals surface area contributed by atoms with Crippen molar-refractivity contribution < 1.29 is 14.0 Å². The lowest BCUT2D eigenvalue weighted by Gasteiger charge is -2.23. The Kier molecular flexibility index (Phi) is 6.74. The van der Waals surface area contributed by atoms with Crippen LogP contribution in [-0.4, -0.2) is 29.9 Å². The summed E-state index contributed by atoms with van der Waals surface area (Å²) >= 11 is 0. The fraction of sp³-hybridized carbons (Fsp3) is 0.455. The first-order valence-corrected chi connectivity index (χ1v) is 10.2. The summed E-state index contributed by atoms with van der Waals surface area (Å²) in [4.78, 5) is 26.9. The van der Waals surface area contributed by atoms with Gasteiger partial charge in [0.15, 0.2) is 0 Å². The number of fused-ring (bicyclic) bond motifs is 1. The van der Waals surface area contributed by atoms with Crippen LogP contribution in [0, 0.1) is 0 Å². The van der Waals surface area contributed by atoms with Gasteiger partial charge in [-0.3, -0.25) is 4.79 Å². The smallest absolute Gasteiger partial charge is 0.319 e. The van der Waals surface area contributed by atoms with Gasteiger partial charge in [0, 0.05) is 36.3 Å². The highest BCUT2D eigenvalue weighted by atomic mass is 16.3. The van der Waals surface area contributed by atoms with E-state index in [2.05, 4.69) is 24.5 Å². The van der Waals surface area contributed by atoms with Crippen LogP contribution in [0.1, 0.15) is 67.3 Å². The molecule has 1 aliphatic rings. The minimum absolute atomic E-state index is 0.0278. The molecule has 2 N–H and O–H groups in total. The number of nitrogens with one attached hydrogen (secondary N) is 2. The molecule has 1 unspecified atom stereocenters. The highest BCUT2D eigenvalue weighted by Crippen LogP contribution is 2.30. The molecule has 1 heterocycles. The summed E-state index contributed by atoms with van der Waals surface area (Å²) in [5.74, 6) is 0.998. The van der Waals surface area contributed by atoms with E-state index in [0.29, 0.717) is 11.3 Å². The summed E-state index contributed by atoms with van der Waals surface area (Å²) in [6.07, 6.45) is 6.37. The predicted molar refractivity (Wildman–Crippen MR) is 109 cm³/mol. The number of urea groups is 1. The van der Waals surface area contributed by atoms with Gasteiger partial charge in [-0.2, -0.15) is 0 Å². The first kappa shape index (κ1) is 20.0. The van der Waals surface area contributed by atoms with Crippen molar-refractivity contribution in [1.82, 2.24) is 10.2 Å². The average molecular weight is 383 g/mol. The zero-order chi connectivity index (χ0) is 19.9. The SMILES string of the molecule is CCCN(CCC)C(=O)c1ccc(NC(=O)NC2CCCc3occc32)cc1. The topological polar surface area (TPSA) is 74.6 Å². The highest BCUT2D eigenvalue weighted by molar-refractivity contribution is 5.95. The Bertz CT molecular complexity index is 792. The second-order valence-corrected chi connectivity index (χ2v) is 7.21. The average Bonchev–Trinajstić information content (AvgIpc) is 3.18. The zero-order valence-corrected chi connectivity index (χ0v) is 16.7. The van der Waals surface area contributed by atoms with E-state index in [9.17, 15) is 9.59 Å². The predicted octanol–water partition coefficient (Wildman–Crippen LogP) is 4.74. The molecule has 1 atom stereocenters. The fourth-order valence-corrected chi connectivity index (χ4v) is 3.70. The molecule has 0 spiro atoms. The molecular formula is C22H29N3O3. The minimum atomic E-state index is -0.253. The number of hydrogen-bond acceptors (Lipinski definition) is 3. The molecule has 0 fully saturated rings. The number of furan rings is 1. The van der Waals surface area contributed by atoms with Crippen LogP contribution in [-0.2, 0) is 6.42 Å². The number of rotatable bonds is 7. The number of benzene rings is 1. The van der Waals surface area contributed by atoms with Crippen LogP contribution in [0.25, 0.3) is 0 Å². The van der Waals surface area contributed by atoms with Gasteiger partial charge < -0.3 is 20.0 Å². The van der Waals surface area contributed by atoms with Gasteiger partial charge in [0.2, 0.25) is 0 Å². The molecule has 0 bridgehead atoms. The first-order valence-electron chi connectivity index (χ1n) is 10.2. The third-order valence-corrected chi connectivity index (χ3v) is 5.02. The third kappa shape index (κ3) is 4.74. The molecule has 2 aromatic rings. The van der Waals surface area contributed by atoms with Crippen LogP contribution in [0.2, 0.25) is 0 Å². The number of carbonyl (C=O) groups excluding carboxylic acids is 2. The quantitative estimate of drug-likeness (QED) is 0.725.